The maximum Gasteiger partial charge on any atom is 0.262 e. The van der Waals surface area contributed by atoms with Crippen molar-refractivity contribution in [3.63, 3.8) is 0 Å². The van der Waals surface area contributed by atoms with Gasteiger partial charge in [-0.1, -0.05) is 6.07 Å². The van der Waals surface area contributed by atoms with Crippen molar-refractivity contribution in [3.05, 3.63) is 42.1 Å². The Labute approximate surface area is 124 Å². The fourth-order valence-corrected chi connectivity index (χ4v) is 1.82. The van der Waals surface area contributed by atoms with E-state index in [-0.39, 0.29) is 6.10 Å². The Balaban J connectivity index is 2.30. The molecule has 0 spiro atoms. The molecule has 0 saturated heterocycles. The van der Waals surface area contributed by atoms with Gasteiger partial charge >= 0.3 is 0 Å². The number of benzene rings is 1. The zero-order valence-electron chi connectivity index (χ0n) is 12.5. The van der Waals surface area contributed by atoms with Gasteiger partial charge < -0.3 is 19.9 Å². The van der Waals surface area contributed by atoms with Crippen LogP contribution in [0.25, 0.3) is 0 Å². The number of nitrogens with two attached hydrogens (primary N) is 1. The third kappa shape index (κ3) is 3.86. The lowest BCUT2D eigenvalue weighted by Crippen LogP contribution is -2.07. The smallest absolute Gasteiger partial charge is 0.262 e. The number of rotatable bonds is 6. The average molecular weight is 288 g/mol. The van der Waals surface area contributed by atoms with E-state index in [4.69, 9.17) is 19.9 Å². The molecule has 1 aromatic heterocycles. The number of methoxy groups -OCH3 is 1. The Morgan fingerprint density at radius 1 is 1.14 bits per heavy atom. The predicted octanol–water partition coefficient (Wildman–Crippen LogP) is 3.13. The lowest BCUT2D eigenvalue weighted by molar-refractivity contribution is 0.230. The quantitative estimate of drug-likeness (QED) is 0.884. The summed E-state index contributed by atoms with van der Waals surface area (Å²) in [6.07, 6.45) is 1.70. The summed E-state index contributed by atoms with van der Waals surface area (Å²) >= 11 is 0. The molecule has 0 amide bonds. The van der Waals surface area contributed by atoms with Gasteiger partial charge in [-0.15, -0.1) is 0 Å². The zero-order valence-corrected chi connectivity index (χ0v) is 12.5. The molecule has 0 atom stereocenters. The van der Waals surface area contributed by atoms with Gasteiger partial charge in [-0.2, -0.15) is 0 Å². The molecular weight excluding hydrogens is 268 g/mol. The summed E-state index contributed by atoms with van der Waals surface area (Å²) in [7, 11) is 1.59. The third-order valence-corrected chi connectivity index (χ3v) is 2.77. The Morgan fingerprint density at radius 3 is 2.62 bits per heavy atom. The van der Waals surface area contributed by atoms with Crippen LogP contribution in [0.4, 0.5) is 0 Å². The van der Waals surface area contributed by atoms with E-state index >= 15 is 0 Å². The highest BCUT2D eigenvalue weighted by molar-refractivity contribution is 5.46. The fourth-order valence-electron chi connectivity index (χ4n) is 1.82. The van der Waals surface area contributed by atoms with E-state index < -0.39 is 0 Å². The van der Waals surface area contributed by atoms with E-state index in [0.717, 1.165) is 5.56 Å². The van der Waals surface area contributed by atoms with Crippen molar-refractivity contribution in [1.29, 1.82) is 0 Å². The molecule has 0 saturated carbocycles. The van der Waals surface area contributed by atoms with Gasteiger partial charge in [0.1, 0.15) is 0 Å². The second kappa shape index (κ2) is 6.95. The van der Waals surface area contributed by atoms with E-state index in [9.17, 15) is 0 Å². The van der Waals surface area contributed by atoms with Gasteiger partial charge in [-0.05, 0) is 43.7 Å². The Hall–Kier alpha value is -2.27. The van der Waals surface area contributed by atoms with Gasteiger partial charge in [0.05, 0.1) is 13.2 Å². The van der Waals surface area contributed by atoms with Crippen molar-refractivity contribution in [1.82, 2.24) is 4.98 Å². The van der Waals surface area contributed by atoms with Gasteiger partial charge in [0.2, 0.25) is 0 Å². The molecule has 0 unspecified atom stereocenters. The summed E-state index contributed by atoms with van der Waals surface area (Å²) in [6, 6.07) is 9.18. The monoisotopic (exact) mass is 288 g/mol. The maximum absolute atomic E-state index is 5.83. The van der Waals surface area contributed by atoms with Gasteiger partial charge in [0.25, 0.3) is 5.88 Å². The molecule has 1 aromatic carbocycles. The summed E-state index contributed by atoms with van der Waals surface area (Å²) in [5, 5.41) is 0. The maximum atomic E-state index is 5.83. The Morgan fingerprint density at radius 2 is 1.95 bits per heavy atom. The average Bonchev–Trinajstić information content (AvgIpc) is 2.49. The minimum Gasteiger partial charge on any atom is -0.493 e. The number of pyridine rings is 1. The number of ether oxygens (including phenoxy) is 3. The Bertz CT molecular complexity index is 600. The van der Waals surface area contributed by atoms with Gasteiger partial charge in [-0.3, -0.25) is 0 Å². The summed E-state index contributed by atoms with van der Waals surface area (Å²) in [5.41, 5.74) is 6.60. The number of aromatic nitrogens is 1. The minimum atomic E-state index is 0.0399. The van der Waals surface area contributed by atoms with Crippen LogP contribution in [0.2, 0.25) is 0 Å². The lowest BCUT2D eigenvalue weighted by atomic mass is 10.2. The van der Waals surface area contributed by atoms with Crippen molar-refractivity contribution >= 4 is 0 Å². The predicted molar refractivity (Wildman–Crippen MR) is 81.0 cm³/mol. The fraction of sp³-hybridized carbons (Fsp3) is 0.312. The second-order valence-corrected chi connectivity index (χ2v) is 4.76. The van der Waals surface area contributed by atoms with Crippen LogP contribution in [0.15, 0.2) is 36.5 Å². The molecule has 2 aromatic rings. The van der Waals surface area contributed by atoms with Crippen LogP contribution in [-0.4, -0.2) is 18.2 Å². The first-order valence-electron chi connectivity index (χ1n) is 6.80. The molecule has 2 rings (SSSR count). The molecule has 0 aliphatic carbocycles. The van der Waals surface area contributed by atoms with Gasteiger partial charge in [0, 0.05) is 12.7 Å². The second-order valence-electron chi connectivity index (χ2n) is 4.76. The number of hydrogen-bond donors (Lipinski definition) is 1. The molecule has 0 bridgehead atoms. The first kappa shape index (κ1) is 15.1. The summed E-state index contributed by atoms with van der Waals surface area (Å²) in [4.78, 5) is 4.22. The standard InChI is InChI=1S/C16H20N2O3/c1-11(2)20-14-5-4-8-18-16(14)21-13-7-6-12(10-17)9-15(13)19-3/h4-9,11H,10,17H2,1-3H3. The van der Waals surface area contributed by atoms with E-state index in [0.29, 0.717) is 29.7 Å². The highest BCUT2D eigenvalue weighted by Crippen LogP contribution is 2.35. The van der Waals surface area contributed by atoms with Crippen molar-refractivity contribution in [2.75, 3.05) is 7.11 Å². The first-order chi connectivity index (χ1) is 10.1. The van der Waals surface area contributed by atoms with Gasteiger partial charge in [0.15, 0.2) is 17.2 Å². The molecule has 0 radical (unpaired) electrons. The molecular formula is C16H20N2O3. The van der Waals surface area contributed by atoms with Crippen molar-refractivity contribution < 1.29 is 14.2 Å². The zero-order chi connectivity index (χ0) is 15.2. The molecule has 1 heterocycles. The molecule has 21 heavy (non-hydrogen) atoms. The van der Waals surface area contributed by atoms with Crippen LogP contribution >= 0.6 is 0 Å². The molecule has 5 heteroatoms. The SMILES string of the molecule is COc1cc(CN)ccc1Oc1ncccc1OC(C)C. The Kier molecular flexibility index (Phi) is 5.00. The largest absolute Gasteiger partial charge is 0.493 e. The van der Waals surface area contributed by atoms with Crippen molar-refractivity contribution in [2.24, 2.45) is 5.73 Å². The van der Waals surface area contributed by atoms with E-state index in [1.807, 2.05) is 38.1 Å². The van der Waals surface area contributed by atoms with Crippen LogP contribution in [0.5, 0.6) is 23.1 Å². The van der Waals surface area contributed by atoms with Crippen LogP contribution in [0, 0.1) is 0 Å². The molecule has 0 aliphatic heterocycles. The summed E-state index contributed by atoms with van der Waals surface area (Å²) in [5.74, 6) is 2.18. The highest BCUT2D eigenvalue weighted by atomic mass is 16.5. The van der Waals surface area contributed by atoms with Crippen LogP contribution in [-0.2, 0) is 6.54 Å². The number of nitrogens with zero attached hydrogens (tertiary/aromatic N) is 1. The van der Waals surface area contributed by atoms with E-state index in [2.05, 4.69) is 4.98 Å². The first-order valence-corrected chi connectivity index (χ1v) is 6.80. The normalized spacial score (nSPS) is 10.5. The topological polar surface area (TPSA) is 66.6 Å². The molecule has 2 N–H and O–H groups in total. The summed E-state index contributed by atoms with van der Waals surface area (Å²) < 4.78 is 16.8. The van der Waals surface area contributed by atoms with E-state index in [1.165, 1.54) is 0 Å². The van der Waals surface area contributed by atoms with Gasteiger partial charge in [-0.25, -0.2) is 4.98 Å². The molecule has 0 fully saturated rings. The van der Waals surface area contributed by atoms with Crippen molar-refractivity contribution in [2.45, 2.75) is 26.5 Å². The van der Waals surface area contributed by atoms with Crippen LogP contribution in [0.1, 0.15) is 19.4 Å². The van der Waals surface area contributed by atoms with E-state index in [1.54, 1.807) is 19.4 Å². The molecule has 0 aliphatic rings. The minimum absolute atomic E-state index is 0.0399. The van der Waals surface area contributed by atoms with Crippen LogP contribution in [0.3, 0.4) is 0 Å². The number of hydrogen-bond acceptors (Lipinski definition) is 5. The molecule has 5 nitrogen and oxygen atoms in total. The summed E-state index contributed by atoms with van der Waals surface area (Å²) in [6.45, 7) is 4.35. The highest BCUT2D eigenvalue weighted by Gasteiger charge is 2.12. The van der Waals surface area contributed by atoms with Crippen molar-refractivity contribution in [3.8, 4) is 23.1 Å². The third-order valence-electron chi connectivity index (χ3n) is 2.77. The lowest BCUT2D eigenvalue weighted by Gasteiger charge is -2.15. The molecule has 112 valence electrons. The van der Waals surface area contributed by atoms with Crippen LogP contribution < -0.4 is 19.9 Å².